The predicted octanol–water partition coefficient (Wildman–Crippen LogP) is 2.74. The van der Waals surface area contributed by atoms with Crippen LogP contribution in [0.15, 0.2) is 60.0 Å². The molecule has 132 valence electrons. The molecule has 1 aliphatic heterocycles. The summed E-state index contributed by atoms with van der Waals surface area (Å²) in [4.78, 5) is 21.3. The zero-order chi connectivity index (χ0) is 18.2. The molecule has 0 radical (unpaired) electrons. The molecule has 2 aliphatic rings. The van der Waals surface area contributed by atoms with Crippen LogP contribution in [0.2, 0.25) is 0 Å². The fourth-order valence-electron chi connectivity index (χ4n) is 3.63. The van der Waals surface area contributed by atoms with Crippen LogP contribution in [0.1, 0.15) is 41.0 Å². The number of anilines is 1. The number of fused-ring (bicyclic) bond motifs is 1. The van der Waals surface area contributed by atoms with Crippen LogP contribution in [-0.2, 0) is 6.42 Å². The number of hydrogen-bond donors (Lipinski definition) is 0. The second kappa shape index (κ2) is 6.40. The molecule has 5 heteroatoms. The fraction of sp³-hybridized carbons (Fsp3) is 0.227. The Labute approximate surface area is 157 Å². The third-order valence-electron chi connectivity index (χ3n) is 5.14. The summed E-state index contributed by atoms with van der Waals surface area (Å²) in [7, 11) is 0. The minimum Gasteiger partial charge on any atom is -0.278 e. The Morgan fingerprint density at radius 1 is 1.04 bits per heavy atom. The van der Waals surface area contributed by atoms with Crippen LogP contribution in [0, 0.1) is 11.8 Å². The summed E-state index contributed by atoms with van der Waals surface area (Å²) in [5.74, 6) is 6.63. The van der Waals surface area contributed by atoms with Gasteiger partial charge in [-0.2, -0.15) is 0 Å². The van der Waals surface area contributed by atoms with Gasteiger partial charge in [0.25, 0.3) is 5.56 Å². The lowest BCUT2D eigenvalue weighted by Crippen LogP contribution is -2.38. The molecule has 0 bridgehead atoms. The van der Waals surface area contributed by atoms with E-state index in [1.807, 2.05) is 23.3 Å². The van der Waals surface area contributed by atoms with Crippen molar-refractivity contribution in [1.29, 1.82) is 0 Å². The molecule has 0 unspecified atom stereocenters. The topological polar surface area (TPSA) is 51.0 Å². The lowest BCUT2D eigenvalue weighted by atomic mass is 10.1. The summed E-state index contributed by atoms with van der Waals surface area (Å²) in [5.41, 5.74) is 4.67. The number of para-hydroxylation sites is 1. The first-order valence-corrected chi connectivity index (χ1v) is 9.19. The molecule has 27 heavy (non-hydrogen) atoms. The molecule has 1 aliphatic carbocycles. The summed E-state index contributed by atoms with van der Waals surface area (Å²) < 4.78 is 1.71. The van der Waals surface area contributed by atoms with Crippen molar-refractivity contribution in [3.63, 3.8) is 0 Å². The van der Waals surface area contributed by atoms with Gasteiger partial charge in [0, 0.05) is 25.1 Å². The van der Waals surface area contributed by atoms with Crippen molar-refractivity contribution in [2.45, 2.75) is 25.2 Å². The molecule has 3 aromatic rings. The molecular weight excluding hydrogens is 336 g/mol. The van der Waals surface area contributed by atoms with Crippen molar-refractivity contribution in [3.05, 3.63) is 87.9 Å². The summed E-state index contributed by atoms with van der Waals surface area (Å²) >= 11 is 0. The van der Waals surface area contributed by atoms with Crippen molar-refractivity contribution in [1.82, 2.24) is 14.6 Å². The van der Waals surface area contributed by atoms with Crippen LogP contribution in [0.3, 0.4) is 0 Å². The first kappa shape index (κ1) is 15.8. The molecule has 0 saturated heterocycles. The van der Waals surface area contributed by atoms with E-state index < -0.39 is 0 Å². The number of pyridine rings is 1. The zero-order valence-electron chi connectivity index (χ0n) is 14.8. The highest BCUT2D eigenvalue weighted by Crippen LogP contribution is 2.41. The largest absolute Gasteiger partial charge is 0.285 e. The third-order valence-corrected chi connectivity index (χ3v) is 5.14. The van der Waals surface area contributed by atoms with E-state index in [0.717, 1.165) is 37.1 Å². The smallest absolute Gasteiger partial charge is 0.278 e. The van der Waals surface area contributed by atoms with Crippen molar-refractivity contribution < 1.29 is 0 Å². The molecule has 1 saturated carbocycles. The van der Waals surface area contributed by atoms with Gasteiger partial charge in [-0.15, -0.1) is 0 Å². The third kappa shape index (κ3) is 2.89. The van der Waals surface area contributed by atoms with Crippen molar-refractivity contribution >= 4 is 5.69 Å². The van der Waals surface area contributed by atoms with Crippen LogP contribution in [0.25, 0.3) is 0 Å². The molecule has 0 amide bonds. The van der Waals surface area contributed by atoms with Crippen molar-refractivity contribution in [3.8, 4) is 11.8 Å². The van der Waals surface area contributed by atoms with Crippen LogP contribution in [0.4, 0.5) is 5.69 Å². The minimum atomic E-state index is -0.0551. The molecular formula is C22H18N4O. The Kier molecular flexibility index (Phi) is 3.75. The van der Waals surface area contributed by atoms with E-state index in [9.17, 15) is 4.79 Å². The van der Waals surface area contributed by atoms with Gasteiger partial charge >= 0.3 is 0 Å². The molecule has 5 rings (SSSR count). The average molecular weight is 354 g/mol. The highest BCUT2D eigenvalue weighted by atomic mass is 16.1. The maximum Gasteiger partial charge on any atom is 0.285 e. The molecule has 3 heterocycles. The summed E-state index contributed by atoms with van der Waals surface area (Å²) in [5, 5.41) is 2.05. The van der Waals surface area contributed by atoms with E-state index in [1.54, 1.807) is 17.1 Å². The molecule has 0 N–H and O–H groups in total. The van der Waals surface area contributed by atoms with Gasteiger partial charge in [-0.1, -0.05) is 30.0 Å². The number of hydrogen-bond acceptors (Lipinski definition) is 4. The number of aromatic nitrogens is 3. The van der Waals surface area contributed by atoms with Gasteiger partial charge in [-0.25, -0.2) is 14.6 Å². The van der Waals surface area contributed by atoms with Crippen molar-refractivity contribution in [2.75, 3.05) is 11.6 Å². The van der Waals surface area contributed by atoms with Gasteiger partial charge in [0.1, 0.15) is 6.33 Å². The second-order valence-corrected chi connectivity index (χ2v) is 6.95. The van der Waals surface area contributed by atoms with Gasteiger partial charge in [-0.05, 0) is 48.4 Å². The van der Waals surface area contributed by atoms with Crippen LogP contribution < -0.4 is 10.6 Å². The highest BCUT2D eigenvalue weighted by molar-refractivity contribution is 5.58. The molecule has 5 nitrogen and oxygen atoms in total. The standard InChI is InChI=1S/C22H18N4O/c27-22-20(8-5-16-13-23-15-24-14-16)19(17-6-7-17)10-12-26(22)25-11-9-18-3-1-2-4-21(18)25/h1-4,10,12-15,17H,6-7,9,11H2. The minimum absolute atomic E-state index is 0.0551. The first-order valence-electron chi connectivity index (χ1n) is 9.19. The van der Waals surface area contributed by atoms with Crippen LogP contribution in [0.5, 0.6) is 0 Å². The van der Waals surface area contributed by atoms with E-state index in [4.69, 9.17) is 0 Å². The Bertz CT molecular complexity index is 1120. The number of benzene rings is 1. The second-order valence-electron chi connectivity index (χ2n) is 6.95. The van der Waals surface area contributed by atoms with E-state index in [0.29, 0.717) is 17.0 Å². The number of rotatable bonds is 2. The quantitative estimate of drug-likeness (QED) is 0.664. The Morgan fingerprint density at radius 3 is 2.67 bits per heavy atom. The Morgan fingerprint density at radius 2 is 1.85 bits per heavy atom. The summed E-state index contributed by atoms with van der Waals surface area (Å²) in [6.07, 6.45) is 9.88. The SMILES string of the molecule is O=c1c(C#Cc2cncnc2)c(C2CC2)ccn1N1CCc2ccccc21. The fourth-order valence-corrected chi connectivity index (χ4v) is 3.63. The Hall–Kier alpha value is -3.39. The summed E-state index contributed by atoms with van der Waals surface area (Å²) in [6.45, 7) is 0.793. The summed E-state index contributed by atoms with van der Waals surface area (Å²) in [6, 6.07) is 10.3. The maximum absolute atomic E-state index is 13.3. The molecule has 0 atom stereocenters. The average Bonchev–Trinajstić information content (AvgIpc) is 3.47. The van der Waals surface area contributed by atoms with Crippen molar-refractivity contribution in [2.24, 2.45) is 0 Å². The maximum atomic E-state index is 13.3. The van der Waals surface area contributed by atoms with Crippen LogP contribution in [-0.4, -0.2) is 21.2 Å². The molecule has 1 fully saturated rings. The predicted molar refractivity (Wildman–Crippen MR) is 104 cm³/mol. The van der Waals surface area contributed by atoms with Gasteiger partial charge < -0.3 is 0 Å². The van der Waals surface area contributed by atoms with Gasteiger partial charge in [-0.3, -0.25) is 9.80 Å². The van der Waals surface area contributed by atoms with Gasteiger partial charge in [0.05, 0.1) is 16.8 Å². The monoisotopic (exact) mass is 354 g/mol. The van der Waals surface area contributed by atoms with E-state index in [-0.39, 0.29) is 5.56 Å². The van der Waals surface area contributed by atoms with Gasteiger partial charge in [0.15, 0.2) is 0 Å². The first-order chi connectivity index (χ1) is 13.3. The highest BCUT2D eigenvalue weighted by Gasteiger charge is 2.29. The molecule has 0 spiro atoms. The van der Waals surface area contributed by atoms with E-state index >= 15 is 0 Å². The van der Waals surface area contributed by atoms with Gasteiger partial charge in [0.2, 0.25) is 0 Å². The van der Waals surface area contributed by atoms with E-state index in [1.165, 1.54) is 11.9 Å². The Balaban J connectivity index is 1.61. The zero-order valence-corrected chi connectivity index (χ0v) is 14.8. The molecule has 1 aromatic carbocycles. The normalized spacial score (nSPS) is 15.2. The molecule has 2 aromatic heterocycles. The lowest BCUT2D eigenvalue weighted by Gasteiger charge is -2.22. The number of nitrogens with zero attached hydrogens (tertiary/aromatic N) is 4. The van der Waals surface area contributed by atoms with E-state index in [2.05, 4.69) is 40.0 Å². The lowest BCUT2D eigenvalue weighted by molar-refractivity contribution is 0.687. The van der Waals surface area contributed by atoms with Crippen LogP contribution >= 0.6 is 0 Å².